The molecule has 142 valence electrons. The summed E-state index contributed by atoms with van der Waals surface area (Å²) in [5, 5.41) is 18.9. The predicted octanol–water partition coefficient (Wildman–Crippen LogP) is 3.70. The monoisotopic (exact) mass is 367 g/mol. The number of aliphatic hydroxyl groups excluding tert-OH is 1. The van der Waals surface area contributed by atoms with Crippen LogP contribution in [0.4, 0.5) is 0 Å². The van der Waals surface area contributed by atoms with Crippen molar-refractivity contribution in [2.24, 2.45) is 0 Å². The van der Waals surface area contributed by atoms with Crippen LogP contribution in [-0.2, 0) is 13.0 Å². The van der Waals surface area contributed by atoms with Gasteiger partial charge in [0.2, 0.25) is 5.43 Å². The zero-order valence-corrected chi connectivity index (χ0v) is 15.7. The SMILES string of the molecule is C=C/C=C\C(CC)=C(/C)Cc1ccc2c(c1)c(=O)c(C(=O)O)cn2CCO. The molecule has 2 N–H and O–H groups in total. The van der Waals surface area contributed by atoms with E-state index >= 15 is 0 Å². The lowest BCUT2D eigenvalue weighted by molar-refractivity contribution is 0.0694. The van der Waals surface area contributed by atoms with E-state index in [0.29, 0.717) is 17.3 Å². The maximum absolute atomic E-state index is 12.6. The predicted molar refractivity (Wildman–Crippen MR) is 108 cm³/mol. The zero-order valence-electron chi connectivity index (χ0n) is 15.7. The number of allylic oxidation sites excluding steroid dienone is 5. The molecule has 0 bridgehead atoms. The van der Waals surface area contributed by atoms with Gasteiger partial charge in [-0.2, -0.15) is 0 Å². The molecule has 2 rings (SSSR count). The van der Waals surface area contributed by atoms with E-state index in [4.69, 9.17) is 0 Å². The summed E-state index contributed by atoms with van der Waals surface area (Å²) < 4.78 is 1.61. The van der Waals surface area contributed by atoms with E-state index in [-0.39, 0.29) is 18.7 Å². The second-order valence-electron chi connectivity index (χ2n) is 6.38. The minimum Gasteiger partial charge on any atom is -0.477 e. The Morgan fingerprint density at radius 3 is 2.67 bits per heavy atom. The summed E-state index contributed by atoms with van der Waals surface area (Å²) in [7, 11) is 0. The maximum Gasteiger partial charge on any atom is 0.341 e. The fraction of sp³-hybridized carbons (Fsp3) is 0.273. The fourth-order valence-corrected chi connectivity index (χ4v) is 3.17. The molecule has 0 unspecified atom stereocenters. The van der Waals surface area contributed by atoms with Gasteiger partial charge in [-0.1, -0.05) is 43.4 Å². The van der Waals surface area contributed by atoms with Crippen LogP contribution in [0.15, 0.2) is 65.1 Å². The van der Waals surface area contributed by atoms with Crippen LogP contribution in [-0.4, -0.2) is 27.4 Å². The van der Waals surface area contributed by atoms with E-state index in [1.54, 1.807) is 16.7 Å². The lowest BCUT2D eigenvalue weighted by Gasteiger charge is -2.13. The van der Waals surface area contributed by atoms with Gasteiger partial charge in [-0.15, -0.1) is 0 Å². The number of nitrogens with zero attached hydrogens (tertiary/aromatic N) is 1. The Kier molecular flexibility index (Phi) is 6.91. The number of aromatic carboxylic acids is 1. The molecule has 0 saturated heterocycles. The molecule has 0 saturated carbocycles. The Hall–Kier alpha value is -2.92. The quantitative estimate of drug-likeness (QED) is 0.697. The first-order valence-electron chi connectivity index (χ1n) is 8.90. The molecular formula is C22H25NO4. The number of carbonyl (C=O) groups is 1. The maximum atomic E-state index is 12.6. The van der Waals surface area contributed by atoms with Crippen LogP contribution in [0.25, 0.3) is 10.9 Å². The number of carboxylic acid groups (broad SMARTS) is 1. The van der Waals surface area contributed by atoms with Crippen molar-refractivity contribution in [3.63, 3.8) is 0 Å². The molecule has 27 heavy (non-hydrogen) atoms. The molecule has 5 nitrogen and oxygen atoms in total. The number of hydrogen-bond acceptors (Lipinski definition) is 3. The highest BCUT2D eigenvalue weighted by molar-refractivity contribution is 5.92. The molecule has 0 aliphatic heterocycles. The molecule has 0 aliphatic carbocycles. The molecule has 1 aromatic carbocycles. The van der Waals surface area contributed by atoms with E-state index in [1.165, 1.54) is 17.3 Å². The molecule has 1 aromatic heterocycles. The minimum absolute atomic E-state index is 0.143. The highest BCUT2D eigenvalue weighted by atomic mass is 16.4. The van der Waals surface area contributed by atoms with Crippen molar-refractivity contribution in [2.45, 2.75) is 33.2 Å². The first kappa shape index (κ1) is 20.4. The van der Waals surface area contributed by atoms with Crippen molar-refractivity contribution in [2.75, 3.05) is 6.61 Å². The molecule has 2 aromatic rings. The number of carboxylic acids is 1. The lowest BCUT2D eigenvalue weighted by Crippen LogP contribution is -2.19. The van der Waals surface area contributed by atoms with Crippen molar-refractivity contribution in [1.82, 2.24) is 4.57 Å². The van der Waals surface area contributed by atoms with Crippen molar-refractivity contribution < 1.29 is 15.0 Å². The zero-order chi connectivity index (χ0) is 20.0. The summed E-state index contributed by atoms with van der Waals surface area (Å²) >= 11 is 0. The highest BCUT2D eigenvalue weighted by Gasteiger charge is 2.15. The van der Waals surface area contributed by atoms with Crippen molar-refractivity contribution in [1.29, 1.82) is 0 Å². The summed E-state index contributed by atoms with van der Waals surface area (Å²) in [5.74, 6) is -1.27. The van der Waals surface area contributed by atoms with Gasteiger partial charge in [-0.3, -0.25) is 4.79 Å². The van der Waals surface area contributed by atoms with Crippen molar-refractivity contribution in [3.8, 4) is 0 Å². The number of benzene rings is 1. The summed E-state index contributed by atoms with van der Waals surface area (Å²) in [5.41, 5.74) is 3.15. The van der Waals surface area contributed by atoms with Crippen LogP contribution in [0, 0.1) is 0 Å². The molecule has 0 atom stereocenters. The van der Waals surface area contributed by atoms with Crippen LogP contribution in [0.1, 0.15) is 36.2 Å². The van der Waals surface area contributed by atoms with Gasteiger partial charge >= 0.3 is 5.97 Å². The average molecular weight is 367 g/mol. The smallest absolute Gasteiger partial charge is 0.341 e. The number of pyridine rings is 1. The molecule has 0 radical (unpaired) electrons. The van der Waals surface area contributed by atoms with Crippen LogP contribution in [0.2, 0.25) is 0 Å². The fourth-order valence-electron chi connectivity index (χ4n) is 3.17. The average Bonchev–Trinajstić information content (AvgIpc) is 2.64. The summed E-state index contributed by atoms with van der Waals surface area (Å²) in [6, 6.07) is 5.50. The molecule has 0 amide bonds. The topological polar surface area (TPSA) is 79.5 Å². The number of aliphatic hydroxyl groups is 1. The number of aromatic nitrogens is 1. The van der Waals surface area contributed by atoms with Gasteiger partial charge in [0.25, 0.3) is 0 Å². The van der Waals surface area contributed by atoms with Crippen LogP contribution in [0.3, 0.4) is 0 Å². The second kappa shape index (κ2) is 9.14. The first-order valence-corrected chi connectivity index (χ1v) is 8.90. The van der Waals surface area contributed by atoms with Gasteiger partial charge in [0, 0.05) is 18.1 Å². The van der Waals surface area contributed by atoms with Gasteiger partial charge in [0.05, 0.1) is 12.1 Å². The minimum atomic E-state index is -1.27. The number of fused-ring (bicyclic) bond motifs is 1. The molecule has 0 fully saturated rings. The van der Waals surface area contributed by atoms with Gasteiger partial charge in [0.15, 0.2) is 0 Å². The summed E-state index contributed by atoms with van der Waals surface area (Å²) in [6.07, 6.45) is 8.50. The van der Waals surface area contributed by atoms with E-state index in [2.05, 4.69) is 13.5 Å². The number of hydrogen-bond donors (Lipinski definition) is 2. The Bertz CT molecular complexity index is 980. The summed E-state index contributed by atoms with van der Waals surface area (Å²) in [4.78, 5) is 24.0. The van der Waals surface area contributed by atoms with Gasteiger partial charge in [-0.25, -0.2) is 4.79 Å². The third-order valence-corrected chi connectivity index (χ3v) is 4.55. The second-order valence-corrected chi connectivity index (χ2v) is 6.38. The molecule has 0 aliphatic rings. The Balaban J connectivity index is 2.58. The third kappa shape index (κ3) is 4.63. The van der Waals surface area contributed by atoms with Gasteiger partial charge in [-0.05, 0) is 43.0 Å². The molecule has 5 heteroatoms. The Labute approximate surface area is 158 Å². The lowest BCUT2D eigenvalue weighted by atomic mass is 9.98. The summed E-state index contributed by atoms with van der Waals surface area (Å²) in [6.45, 7) is 7.90. The first-order chi connectivity index (χ1) is 12.9. The van der Waals surface area contributed by atoms with Gasteiger partial charge in [0.1, 0.15) is 5.56 Å². The van der Waals surface area contributed by atoms with E-state index < -0.39 is 11.4 Å². The Morgan fingerprint density at radius 1 is 1.33 bits per heavy atom. The van der Waals surface area contributed by atoms with Crippen LogP contribution >= 0.6 is 0 Å². The Morgan fingerprint density at radius 2 is 2.07 bits per heavy atom. The van der Waals surface area contributed by atoms with E-state index in [9.17, 15) is 19.8 Å². The van der Waals surface area contributed by atoms with Crippen LogP contribution < -0.4 is 5.43 Å². The van der Waals surface area contributed by atoms with Gasteiger partial charge < -0.3 is 14.8 Å². The highest BCUT2D eigenvalue weighted by Crippen LogP contribution is 2.20. The normalized spacial score (nSPS) is 12.4. The molecule has 1 heterocycles. The standard InChI is InChI=1S/C22H25NO4/c1-4-6-7-17(5-2)15(3)12-16-8-9-20-18(13-16)21(25)19(22(26)27)14-23(20)10-11-24/h4,6-9,13-14,24H,1,5,10-12H2,2-3H3,(H,26,27)/b7-6-,17-15+. The van der Waals surface area contributed by atoms with E-state index in [1.807, 2.05) is 31.2 Å². The molecular weight excluding hydrogens is 342 g/mol. The van der Waals surface area contributed by atoms with Crippen molar-refractivity contribution in [3.05, 3.63) is 81.7 Å². The number of rotatable bonds is 8. The van der Waals surface area contributed by atoms with E-state index in [0.717, 1.165) is 12.0 Å². The third-order valence-electron chi connectivity index (χ3n) is 4.55. The van der Waals surface area contributed by atoms with Crippen molar-refractivity contribution >= 4 is 16.9 Å². The molecule has 0 spiro atoms. The largest absolute Gasteiger partial charge is 0.477 e. The van der Waals surface area contributed by atoms with Crippen LogP contribution in [0.5, 0.6) is 0 Å².